The molecule has 3 aromatic rings. The van der Waals surface area contributed by atoms with Gasteiger partial charge in [0.25, 0.3) is 5.91 Å². The van der Waals surface area contributed by atoms with Crippen LogP contribution in [0.1, 0.15) is 5.69 Å². The molecular formula is C17H9FN2OS4. The first-order chi connectivity index (χ1) is 12.1. The monoisotopic (exact) mass is 404 g/mol. The molecule has 1 saturated heterocycles. The SMILES string of the molecule is O=C1C(=Cc2csc(-c3ccsc3)n2)SC(=S)N1c1ccc(F)cc1. The summed E-state index contributed by atoms with van der Waals surface area (Å²) >= 11 is 9.69. The van der Waals surface area contributed by atoms with Crippen molar-refractivity contribution in [1.29, 1.82) is 0 Å². The highest BCUT2D eigenvalue weighted by Crippen LogP contribution is 2.36. The summed E-state index contributed by atoms with van der Waals surface area (Å²) in [7, 11) is 0. The molecular weight excluding hydrogens is 395 g/mol. The van der Waals surface area contributed by atoms with E-state index < -0.39 is 0 Å². The Balaban J connectivity index is 1.61. The van der Waals surface area contributed by atoms with E-state index in [0.717, 1.165) is 16.3 Å². The van der Waals surface area contributed by atoms with E-state index in [1.54, 1.807) is 29.5 Å². The number of nitrogens with zero attached hydrogens (tertiary/aromatic N) is 2. The lowest BCUT2D eigenvalue weighted by molar-refractivity contribution is -0.113. The van der Waals surface area contributed by atoms with Gasteiger partial charge in [0.2, 0.25) is 0 Å². The number of thioether (sulfide) groups is 1. The minimum atomic E-state index is -0.354. The molecule has 124 valence electrons. The van der Waals surface area contributed by atoms with Crippen LogP contribution in [0.25, 0.3) is 16.6 Å². The summed E-state index contributed by atoms with van der Waals surface area (Å²) in [6.07, 6.45) is 1.75. The number of rotatable bonds is 3. The molecule has 0 atom stereocenters. The lowest BCUT2D eigenvalue weighted by Crippen LogP contribution is -2.27. The summed E-state index contributed by atoms with van der Waals surface area (Å²) in [6.45, 7) is 0. The third-order valence-electron chi connectivity index (χ3n) is 3.45. The predicted molar refractivity (Wildman–Crippen MR) is 107 cm³/mol. The van der Waals surface area contributed by atoms with Crippen LogP contribution in [0.2, 0.25) is 0 Å². The molecule has 8 heteroatoms. The van der Waals surface area contributed by atoms with Crippen LogP contribution in [0.3, 0.4) is 0 Å². The van der Waals surface area contributed by atoms with Crippen molar-refractivity contribution in [2.24, 2.45) is 0 Å². The molecule has 0 radical (unpaired) electrons. The van der Waals surface area contributed by atoms with E-state index >= 15 is 0 Å². The van der Waals surface area contributed by atoms with Gasteiger partial charge in [-0.05, 0) is 41.8 Å². The molecule has 0 spiro atoms. The Morgan fingerprint density at radius 3 is 2.68 bits per heavy atom. The van der Waals surface area contributed by atoms with Gasteiger partial charge in [-0.1, -0.05) is 24.0 Å². The topological polar surface area (TPSA) is 33.2 Å². The number of hydrogen-bond acceptors (Lipinski definition) is 6. The average molecular weight is 405 g/mol. The zero-order valence-electron chi connectivity index (χ0n) is 12.5. The van der Waals surface area contributed by atoms with Crippen molar-refractivity contribution in [1.82, 2.24) is 4.98 Å². The van der Waals surface area contributed by atoms with Gasteiger partial charge in [-0.25, -0.2) is 9.37 Å². The maximum Gasteiger partial charge on any atom is 0.270 e. The van der Waals surface area contributed by atoms with E-state index in [2.05, 4.69) is 4.98 Å². The van der Waals surface area contributed by atoms with Gasteiger partial charge >= 0.3 is 0 Å². The highest BCUT2D eigenvalue weighted by atomic mass is 32.2. The molecule has 1 aliphatic heterocycles. The molecule has 0 bridgehead atoms. The van der Waals surface area contributed by atoms with Crippen molar-refractivity contribution in [3.63, 3.8) is 0 Å². The third kappa shape index (κ3) is 3.30. The van der Waals surface area contributed by atoms with Crippen LogP contribution in [0.4, 0.5) is 10.1 Å². The molecule has 25 heavy (non-hydrogen) atoms. The minimum absolute atomic E-state index is 0.216. The zero-order chi connectivity index (χ0) is 17.4. The van der Waals surface area contributed by atoms with Crippen LogP contribution in [0, 0.1) is 5.82 Å². The zero-order valence-corrected chi connectivity index (χ0v) is 15.8. The van der Waals surface area contributed by atoms with Gasteiger partial charge in [-0.15, -0.1) is 11.3 Å². The summed E-state index contributed by atoms with van der Waals surface area (Å²) in [5.41, 5.74) is 2.36. The van der Waals surface area contributed by atoms with Gasteiger partial charge in [0.15, 0.2) is 4.32 Å². The standard InChI is InChI=1S/C17H9FN2OS4/c18-11-1-3-13(4-2-11)20-16(21)14(25-17(20)22)7-12-9-24-15(19-12)10-5-6-23-8-10/h1-9H. The number of thiophene rings is 1. The summed E-state index contributed by atoms with van der Waals surface area (Å²) < 4.78 is 13.5. The quantitative estimate of drug-likeness (QED) is 0.431. The van der Waals surface area contributed by atoms with Gasteiger partial charge in [0.1, 0.15) is 10.8 Å². The van der Waals surface area contributed by atoms with Crippen LogP contribution in [0.15, 0.2) is 51.4 Å². The lowest BCUT2D eigenvalue weighted by atomic mass is 10.3. The Morgan fingerprint density at radius 1 is 1.16 bits per heavy atom. The van der Waals surface area contributed by atoms with Gasteiger partial charge < -0.3 is 0 Å². The van der Waals surface area contributed by atoms with Crippen molar-refractivity contribution in [2.75, 3.05) is 4.90 Å². The number of carbonyl (C=O) groups excluding carboxylic acids is 1. The first-order valence-corrected chi connectivity index (χ1v) is 10.2. The summed E-state index contributed by atoms with van der Waals surface area (Å²) in [5, 5.41) is 6.87. The number of aromatic nitrogens is 1. The Bertz CT molecular complexity index is 977. The first kappa shape index (κ1) is 16.6. The number of benzene rings is 1. The number of halogens is 1. The van der Waals surface area contributed by atoms with Gasteiger partial charge in [-0.2, -0.15) is 11.3 Å². The summed E-state index contributed by atoms with van der Waals surface area (Å²) in [5.74, 6) is -0.570. The Morgan fingerprint density at radius 2 is 1.96 bits per heavy atom. The van der Waals surface area contributed by atoms with Crippen LogP contribution in [-0.2, 0) is 4.79 Å². The molecule has 0 aliphatic carbocycles. The lowest BCUT2D eigenvalue weighted by Gasteiger charge is -2.14. The Labute approximate surface area is 160 Å². The molecule has 1 aromatic carbocycles. The normalized spacial score (nSPS) is 16.2. The van der Waals surface area contributed by atoms with Crippen LogP contribution in [0.5, 0.6) is 0 Å². The van der Waals surface area contributed by atoms with E-state index in [0.29, 0.717) is 14.9 Å². The minimum Gasteiger partial charge on any atom is -0.268 e. The fourth-order valence-electron chi connectivity index (χ4n) is 2.29. The predicted octanol–water partition coefficient (Wildman–Crippen LogP) is 5.42. The van der Waals surface area contributed by atoms with Crippen molar-refractivity contribution in [3.8, 4) is 10.6 Å². The molecule has 0 saturated carbocycles. The van der Waals surface area contributed by atoms with Gasteiger partial charge in [0, 0.05) is 16.3 Å². The second-order valence-corrected chi connectivity index (χ2v) is 8.40. The van der Waals surface area contributed by atoms with Crippen molar-refractivity contribution < 1.29 is 9.18 Å². The number of anilines is 1. The molecule has 4 rings (SSSR count). The molecule has 0 N–H and O–H groups in total. The molecule has 1 fully saturated rings. The number of hydrogen-bond donors (Lipinski definition) is 0. The maximum absolute atomic E-state index is 13.1. The third-order valence-corrected chi connectivity index (χ3v) is 6.34. The largest absolute Gasteiger partial charge is 0.270 e. The summed E-state index contributed by atoms with van der Waals surface area (Å²) in [4.78, 5) is 19.2. The Kier molecular flexibility index (Phi) is 4.51. The smallest absolute Gasteiger partial charge is 0.268 e. The fraction of sp³-hybridized carbons (Fsp3) is 0. The molecule has 0 unspecified atom stereocenters. The van der Waals surface area contributed by atoms with Gasteiger partial charge in [-0.3, -0.25) is 9.69 Å². The van der Waals surface area contributed by atoms with Crippen LogP contribution < -0.4 is 4.90 Å². The number of thiocarbonyl (C=S) groups is 1. The fourth-order valence-corrected chi connectivity index (χ4v) is 5.06. The number of amides is 1. The van der Waals surface area contributed by atoms with Crippen molar-refractivity contribution >= 4 is 68.6 Å². The van der Waals surface area contributed by atoms with Gasteiger partial charge in [0.05, 0.1) is 16.3 Å². The van der Waals surface area contributed by atoms with Crippen LogP contribution in [-0.4, -0.2) is 15.2 Å². The van der Waals surface area contributed by atoms with Crippen LogP contribution >= 0.6 is 46.7 Å². The second kappa shape index (κ2) is 6.80. The van der Waals surface area contributed by atoms with E-state index in [1.807, 2.05) is 22.2 Å². The van der Waals surface area contributed by atoms with E-state index in [9.17, 15) is 9.18 Å². The van der Waals surface area contributed by atoms with Crippen molar-refractivity contribution in [2.45, 2.75) is 0 Å². The second-order valence-electron chi connectivity index (χ2n) is 5.08. The summed E-state index contributed by atoms with van der Waals surface area (Å²) in [6, 6.07) is 7.72. The molecule has 3 heterocycles. The molecule has 1 aliphatic rings. The highest BCUT2D eigenvalue weighted by Gasteiger charge is 2.33. The van der Waals surface area contributed by atoms with Crippen molar-refractivity contribution in [3.05, 3.63) is 62.9 Å². The van der Waals surface area contributed by atoms with E-state index in [-0.39, 0.29) is 11.7 Å². The molecule has 2 aromatic heterocycles. The number of thiazole rings is 1. The highest BCUT2D eigenvalue weighted by molar-refractivity contribution is 8.27. The first-order valence-electron chi connectivity index (χ1n) is 7.13. The Hall–Kier alpha value is -1.87. The molecule has 3 nitrogen and oxygen atoms in total. The molecule has 1 amide bonds. The van der Waals surface area contributed by atoms with E-state index in [1.165, 1.54) is 40.1 Å². The van der Waals surface area contributed by atoms with E-state index in [4.69, 9.17) is 12.2 Å². The number of carbonyl (C=O) groups is 1. The maximum atomic E-state index is 13.1. The average Bonchev–Trinajstić information content (AvgIpc) is 3.31.